The quantitative estimate of drug-likeness (QED) is 0.359. The van der Waals surface area contributed by atoms with Crippen molar-refractivity contribution in [2.75, 3.05) is 7.11 Å². The van der Waals surface area contributed by atoms with Gasteiger partial charge >= 0.3 is 0 Å². The molecule has 0 heterocycles. The SMILES string of the molecule is CO/N=C(/C(=O)Cl)C(C)C. The Balaban J connectivity index is 4.27. The molecule has 0 aromatic heterocycles. The van der Waals surface area contributed by atoms with Gasteiger partial charge in [0.2, 0.25) is 0 Å². The highest BCUT2D eigenvalue weighted by atomic mass is 35.5. The van der Waals surface area contributed by atoms with E-state index in [9.17, 15) is 4.79 Å². The number of halogens is 1. The van der Waals surface area contributed by atoms with Gasteiger partial charge in [-0.3, -0.25) is 4.79 Å². The Morgan fingerprint density at radius 2 is 2.10 bits per heavy atom. The van der Waals surface area contributed by atoms with Crippen LogP contribution >= 0.6 is 11.6 Å². The molecule has 0 radical (unpaired) electrons. The van der Waals surface area contributed by atoms with Crippen molar-refractivity contribution in [3.8, 4) is 0 Å². The van der Waals surface area contributed by atoms with Crippen LogP contribution in [0.1, 0.15) is 13.8 Å². The zero-order valence-electron chi connectivity index (χ0n) is 6.22. The van der Waals surface area contributed by atoms with Crippen LogP contribution in [0.5, 0.6) is 0 Å². The van der Waals surface area contributed by atoms with Gasteiger partial charge in [-0.1, -0.05) is 19.0 Å². The van der Waals surface area contributed by atoms with Gasteiger partial charge in [0.05, 0.1) is 0 Å². The van der Waals surface area contributed by atoms with E-state index in [-0.39, 0.29) is 11.6 Å². The summed E-state index contributed by atoms with van der Waals surface area (Å²) >= 11 is 5.17. The number of nitrogens with zero attached hydrogens (tertiary/aromatic N) is 1. The Bertz CT molecular complexity index is 154. The van der Waals surface area contributed by atoms with Crippen molar-refractivity contribution in [1.29, 1.82) is 0 Å². The Morgan fingerprint density at radius 1 is 1.60 bits per heavy atom. The van der Waals surface area contributed by atoms with E-state index in [4.69, 9.17) is 11.6 Å². The van der Waals surface area contributed by atoms with Gasteiger partial charge in [-0.2, -0.15) is 0 Å². The lowest BCUT2D eigenvalue weighted by Gasteiger charge is -2.01. The van der Waals surface area contributed by atoms with Crippen LogP contribution in [0.15, 0.2) is 5.16 Å². The molecule has 0 atom stereocenters. The summed E-state index contributed by atoms with van der Waals surface area (Å²) in [5.41, 5.74) is 0.254. The van der Waals surface area contributed by atoms with Gasteiger partial charge in [-0.05, 0) is 11.6 Å². The minimum atomic E-state index is -0.558. The zero-order valence-corrected chi connectivity index (χ0v) is 6.97. The topological polar surface area (TPSA) is 38.7 Å². The van der Waals surface area contributed by atoms with E-state index in [0.717, 1.165) is 0 Å². The van der Waals surface area contributed by atoms with Crippen molar-refractivity contribution >= 4 is 22.6 Å². The summed E-state index contributed by atoms with van der Waals surface area (Å²) in [5.74, 6) is 0.00458. The van der Waals surface area contributed by atoms with Crippen LogP contribution in [0.2, 0.25) is 0 Å². The molecule has 0 aromatic rings. The van der Waals surface area contributed by atoms with Gasteiger partial charge < -0.3 is 4.84 Å². The molecular weight excluding hydrogens is 154 g/mol. The Labute approximate surface area is 65.0 Å². The molecule has 0 N–H and O–H groups in total. The molecule has 0 fully saturated rings. The highest BCUT2D eigenvalue weighted by Crippen LogP contribution is 2.01. The standard InChI is InChI=1S/C6H10ClNO2/c1-4(2)5(6(7)9)8-10-3/h4H,1-3H3/b8-5+. The Morgan fingerprint density at radius 3 is 2.20 bits per heavy atom. The number of carbonyl (C=O) groups excluding carboxylic acids is 1. The summed E-state index contributed by atoms with van der Waals surface area (Å²) in [7, 11) is 1.38. The zero-order chi connectivity index (χ0) is 8.15. The van der Waals surface area contributed by atoms with Crippen LogP contribution in [0.4, 0.5) is 0 Å². The van der Waals surface area contributed by atoms with Gasteiger partial charge in [0.15, 0.2) is 0 Å². The molecule has 0 aromatic carbocycles. The number of rotatable bonds is 3. The second-order valence-corrected chi connectivity index (χ2v) is 2.43. The molecule has 0 aliphatic carbocycles. The number of hydrogen-bond acceptors (Lipinski definition) is 3. The average molecular weight is 164 g/mol. The molecule has 0 rings (SSSR count). The van der Waals surface area contributed by atoms with Crippen molar-refractivity contribution in [3.63, 3.8) is 0 Å². The molecule has 0 aliphatic rings. The Hall–Kier alpha value is -0.570. The first-order valence-corrected chi connectivity index (χ1v) is 3.28. The average Bonchev–Trinajstić information content (AvgIpc) is 1.81. The van der Waals surface area contributed by atoms with E-state index in [1.54, 1.807) is 0 Å². The maximum absolute atomic E-state index is 10.5. The molecule has 10 heavy (non-hydrogen) atoms. The summed E-state index contributed by atoms with van der Waals surface area (Å²) in [5, 5.41) is 2.90. The fourth-order valence-corrected chi connectivity index (χ4v) is 0.719. The van der Waals surface area contributed by atoms with E-state index in [2.05, 4.69) is 9.99 Å². The van der Waals surface area contributed by atoms with Crippen LogP contribution in [0, 0.1) is 5.92 Å². The third kappa shape index (κ3) is 2.82. The molecule has 0 unspecified atom stereocenters. The van der Waals surface area contributed by atoms with E-state index in [0.29, 0.717) is 0 Å². The number of hydrogen-bond donors (Lipinski definition) is 0. The first-order chi connectivity index (χ1) is 4.59. The second-order valence-electron chi connectivity index (χ2n) is 2.09. The van der Waals surface area contributed by atoms with E-state index >= 15 is 0 Å². The highest BCUT2D eigenvalue weighted by Gasteiger charge is 2.12. The molecule has 0 bridgehead atoms. The van der Waals surface area contributed by atoms with E-state index in [1.807, 2.05) is 13.8 Å². The molecular formula is C6H10ClNO2. The first-order valence-electron chi connectivity index (χ1n) is 2.90. The summed E-state index contributed by atoms with van der Waals surface area (Å²) in [6, 6.07) is 0. The molecule has 0 amide bonds. The molecule has 0 spiro atoms. The molecule has 0 aliphatic heterocycles. The lowest BCUT2D eigenvalue weighted by molar-refractivity contribution is -0.106. The third-order valence-electron chi connectivity index (χ3n) is 0.938. The van der Waals surface area contributed by atoms with Crippen molar-refractivity contribution in [3.05, 3.63) is 0 Å². The summed E-state index contributed by atoms with van der Waals surface area (Å²) < 4.78 is 0. The van der Waals surface area contributed by atoms with Crippen LogP contribution in [-0.2, 0) is 9.63 Å². The number of carbonyl (C=O) groups is 1. The monoisotopic (exact) mass is 163 g/mol. The van der Waals surface area contributed by atoms with E-state index < -0.39 is 5.24 Å². The maximum Gasteiger partial charge on any atom is 0.270 e. The van der Waals surface area contributed by atoms with Crippen molar-refractivity contribution < 1.29 is 9.63 Å². The van der Waals surface area contributed by atoms with Gasteiger partial charge in [0, 0.05) is 5.92 Å². The summed E-state index contributed by atoms with van der Waals surface area (Å²) in [6.07, 6.45) is 0. The maximum atomic E-state index is 10.5. The molecule has 0 saturated heterocycles. The molecule has 0 saturated carbocycles. The normalized spacial score (nSPS) is 11.9. The number of oxime groups is 1. The van der Waals surface area contributed by atoms with E-state index in [1.165, 1.54) is 7.11 Å². The summed E-state index contributed by atoms with van der Waals surface area (Å²) in [4.78, 5) is 14.9. The molecule has 3 nitrogen and oxygen atoms in total. The van der Waals surface area contributed by atoms with Crippen molar-refractivity contribution in [1.82, 2.24) is 0 Å². The fourth-order valence-electron chi connectivity index (χ4n) is 0.467. The smallest absolute Gasteiger partial charge is 0.270 e. The van der Waals surface area contributed by atoms with Gasteiger partial charge in [-0.25, -0.2) is 0 Å². The van der Waals surface area contributed by atoms with Crippen LogP contribution in [-0.4, -0.2) is 18.1 Å². The first kappa shape index (κ1) is 9.43. The molecule has 4 heteroatoms. The fraction of sp³-hybridized carbons (Fsp3) is 0.667. The summed E-state index contributed by atoms with van der Waals surface area (Å²) in [6.45, 7) is 3.64. The second kappa shape index (κ2) is 4.28. The van der Waals surface area contributed by atoms with Crippen LogP contribution in [0.25, 0.3) is 0 Å². The predicted octanol–water partition coefficient (Wildman–Crippen LogP) is 1.41. The van der Waals surface area contributed by atoms with Crippen molar-refractivity contribution in [2.24, 2.45) is 11.1 Å². The minimum absolute atomic E-state index is 0.00458. The van der Waals surface area contributed by atoms with Crippen LogP contribution in [0.3, 0.4) is 0 Å². The highest BCUT2D eigenvalue weighted by molar-refractivity contribution is 6.82. The Kier molecular flexibility index (Phi) is 4.03. The third-order valence-corrected chi connectivity index (χ3v) is 1.13. The molecule has 58 valence electrons. The van der Waals surface area contributed by atoms with Gasteiger partial charge in [0.1, 0.15) is 12.8 Å². The largest absolute Gasteiger partial charge is 0.399 e. The lowest BCUT2D eigenvalue weighted by Crippen LogP contribution is -2.15. The van der Waals surface area contributed by atoms with Gasteiger partial charge in [0.25, 0.3) is 5.24 Å². The van der Waals surface area contributed by atoms with Gasteiger partial charge in [-0.15, -0.1) is 0 Å². The van der Waals surface area contributed by atoms with Crippen LogP contribution < -0.4 is 0 Å². The predicted molar refractivity (Wildman–Crippen MR) is 40.1 cm³/mol. The lowest BCUT2D eigenvalue weighted by atomic mass is 10.1. The minimum Gasteiger partial charge on any atom is -0.399 e. The van der Waals surface area contributed by atoms with Crippen molar-refractivity contribution in [2.45, 2.75) is 13.8 Å².